The van der Waals surface area contributed by atoms with E-state index in [0.29, 0.717) is 24.2 Å². The van der Waals surface area contributed by atoms with Crippen molar-refractivity contribution < 1.29 is 9.53 Å². The van der Waals surface area contributed by atoms with Crippen molar-refractivity contribution in [3.05, 3.63) is 54.1 Å². The van der Waals surface area contributed by atoms with E-state index in [2.05, 4.69) is 10.6 Å². The van der Waals surface area contributed by atoms with E-state index in [0.717, 1.165) is 11.4 Å². The molecule has 2 aromatic carbocycles. The summed E-state index contributed by atoms with van der Waals surface area (Å²) < 4.78 is 5.14. The topological polar surface area (TPSA) is 74.2 Å². The molecular formula is C17H17N3O2. The first kappa shape index (κ1) is 15.4. The summed E-state index contributed by atoms with van der Waals surface area (Å²) in [7, 11) is 1.62. The maximum Gasteiger partial charge on any atom is 0.226 e. The second-order valence-corrected chi connectivity index (χ2v) is 4.65. The van der Waals surface area contributed by atoms with Gasteiger partial charge in [0, 0.05) is 30.4 Å². The van der Waals surface area contributed by atoms with E-state index < -0.39 is 0 Å². The zero-order valence-electron chi connectivity index (χ0n) is 12.3. The maximum absolute atomic E-state index is 11.8. The molecule has 0 saturated heterocycles. The second kappa shape index (κ2) is 7.70. The fourth-order valence-corrected chi connectivity index (χ4v) is 1.90. The Labute approximate surface area is 129 Å². The fourth-order valence-electron chi connectivity index (χ4n) is 1.90. The average molecular weight is 295 g/mol. The molecule has 0 aliphatic heterocycles. The number of nitrogens with zero attached hydrogens (tertiary/aromatic N) is 1. The van der Waals surface area contributed by atoms with Crippen LogP contribution in [0.25, 0.3) is 0 Å². The molecule has 0 aliphatic carbocycles. The van der Waals surface area contributed by atoms with E-state index in [1.165, 1.54) is 0 Å². The molecule has 2 rings (SSSR count). The summed E-state index contributed by atoms with van der Waals surface area (Å²) in [4.78, 5) is 11.8. The van der Waals surface area contributed by atoms with E-state index in [-0.39, 0.29) is 5.91 Å². The molecule has 0 heterocycles. The highest BCUT2D eigenvalue weighted by Crippen LogP contribution is 2.16. The minimum absolute atomic E-state index is 0.0832. The Morgan fingerprint density at radius 2 is 1.95 bits per heavy atom. The molecule has 112 valence electrons. The lowest BCUT2D eigenvalue weighted by atomic mass is 10.2. The predicted octanol–water partition coefficient (Wildman–Crippen LogP) is 3.01. The first-order valence-electron chi connectivity index (χ1n) is 6.89. The number of methoxy groups -OCH3 is 1. The molecule has 0 spiro atoms. The van der Waals surface area contributed by atoms with Crippen molar-refractivity contribution in [2.45, 2.75) is 6.42 Å². The maximum atomic E-state index is 11.8. The van der Waals surface area contributed by atoms with Gasteiger partial charge in [0.25, 0.3) is 0 Å². The minimum atomic E-state index is -0.0832. The summed E-state index contributed by atoms with van der Waals surface area (Å²) >= 11 is 0. The molecule has 5 heteroatoms. The van der Waals surface area contributed by atoms with E-state index >= 15 is 0 Å². The Morgan fingerprint density at radius 3 is 2.64 bits per heavy atom. The lowest BCUT2D eigenvalue weighted by Gasteiger charge is -2.08. The quantitative estimate of drug-likeness (QED) is 0.859. The van der Waals surface area contributed by atoms with Crippen molar-refractivity contribution in [3.63, 3.8) is 0 Å². The molecule has 0 aromatic heterocycles. The Bertz CT molecular complexity index is 675. The fraction of sp³-hybridized carbons (Fsp3) is 0.176. The van der Waals surface area contributed by atoms with Crippen molar-refractivity contribution in [1.82, 2.24) is 0 Å². The largest absolute Gasteiger partial charge is 0.497 e. The predicted molar refractivity (Wildman–Crippen MR) is 85.9 cm³/mol. The zero-order chi connectivity index (χ0) is 15.8. The van der Waals surface area contributed by atoms with Crippen LogP contribution in [0.3, 0.4) is 0 Å². The molecule has 22 heavy (non-hydrogen) atoms. The molecule has 0 atom stereocenters. The molecular weight excluding hydrogens is 278 g/mol. The number of carbonyl (C=O) groups excluding carboxylic acids is 1. The third kappa shape index (κ3) is 4.53. The molecule has 0 fully saturated rings. The number of ether oxygens (including phenoxy) is 1. The van der Waals surface area contributed by atoms with Gasteiger partial charge in [-0.1, -0.05) is 6.07 Å². The molecule has 1 amide bonds. The van der Waals surface area contributed by atoms with Gasteiger partial charge in [-0.15, -0.1) is 0 Å². The Balaban J connectivity index is 1.78. The number of nitriles is 1. The highest BCUT2D eigenvalue weighted by molar-refractivity contribution is 5.91. The first-order valence-corrected chi connectivity index (χ1v) is 6.89. The van der Waals surface area contributed by atoms with Crippen molar-refractivity contribution in [3.8, 4) is 11.8 Å². The standard InChI is InChI=1S/C17H17N3O2/c1-22-16-4-2-3-15(11-16)19-10-9-17(21)20-14-7-5-13(12-18)6-8-14/h2-8,11,19H,9-10H2,1H3,(H,20,21). The molecule has 0 radical (unpaired) electrons. The molecule has 2 N–H and O–H groups in total. The molecule has 0 bridgehead atoms. The Hall–Kier alpha value is -3.00. The smallest absolute Gasteiger partial charge is 0.226 e. The Kier molecular flexibility index (Phi) is 5.38. The van der Waals surface area contributed by atoms with Crippen molar-refractivity contribution >= 4 is 17.3 Å². The highest BCUT2D eigenvalue weighted by atomic mass is 16.5. The third-order valence-electron chi connectivity index (χ3n) is 3.05. The summed E-state index contributed by atoms with van der Waals surface area (Å²) in [5.74, 6) is 0.687. The van der Waals surface area contributed by atoms with Crippen molar-refractivity contribution in [2.24, 2.45) is 0 Å². The van der Waals surface area contributed by atoms with Gasteiger partial charge in [0.15, 0.2) is 0 Å². The van der Waals surface area contributed by atoms with Crippen molar-refractivity contribution in [1.29, 1.82) is 5.26 Å². The summed E-state index contributed by atoms with van der Waals surface area (Å²) in [6, 6.07) is 16.3. The van der Waals surface area contributed by atoms with Crippen LogP contribution in [0.4, 0.5) is 11.4 Å². The van der Waals surface area contributed by atoms with Crippen LogP contribution in [0.5, 0.6) is 5.75 Å². The van der Waals surface area contributed by atoms with Crippen molar-refractivity contribution in [2.75, 3.05) is 24.3 Å². The van der Waals surface area contributed by atoms with Gasteiger partial charge in [-0.3, -0.25) is 4.79 Å². The number of hydrogen-bond acceptors (Lipinski definition) is 4. The van der Waals surface area contributed by atoms with Crippen LogP contribution in [-0.4, -0.2) is 19.6 Å². The SMILES string of the molecule is COc1cccc(NCCC(=O)Nc2ccc(C#N)cc2)c1. The lowest BCUT2D eigenvalue weighted by molar-refractivity contribution is -0.115. The minimum Gasteiger partial charge on any atom is -0.497 e. The van der Waals surface area contributed by atoms with Gasteiger partial charge >= 0.3 is 0 Å². The Morgan fingerprint density at radius 1 is 1.18 bits per heavy atom. The number of nitrogens with one attached hydrogen (secondary N) is 2. The molecule has 5 nitrogen and oxygen atoms in total. The zero-order valence-corrected chi connectivity index (χ0v) is 12.3. The van der Waals surface area contributed by atoms with E-state index in [4.69, 9.17) is 10.00 Å². The number of carbonyl (C=O) groups is 1. The van der Waals surface area contributed by atoms with Gasteiger partial charge in [0.2, 0.25) is 5.91 Å². The summed E-state index contributed by atoms with van der Waals surface area (Å²) in [5.41, 5.74) is 2.16. The van der Waals surface area contributed by atoms with E-state index in [1.54, 1.807) is 31.4 Å². The number of benzene rings is 2. The average Bonchev–Trinajstić information content (AvgIpc) is 2.56. The number of hydrogen-bond donors (Lipinski definition) is 2. The van der Waals surface area contributed by atoms with Crippen LogP contribution in [0.15, 0.2) is 48.5 Å². The first-order chi connectivity index (χ1) is 10.7. The number of anilines is 2. The summed E-state index contributed by atoms with van der Waals surface area (Å²) in [6.07, 6.45) is 0.344. The second-order valence-electron chi connectivity index (χ2n) is 4.65. The molecule has 0 saturated carbocycles. The highest BCUT2D eigenvalue weighted by Gasteiger charge is 2.03. The molecule has 2 aromatic rings. The molecule has 0 unspecified atom stereocenters. The third-order valence-corrected chi connectivity index (χ3v) is 3.05. The van der Waals surface area contributed by atoms with Crippen LogP contribution in [0.1, 0.15) is 12.0 Å². The van der Waals surface area contributed by atoms with Gasteiger partial charge in [0.1, 0.15) is 5.75 Å². The van der Waals surface area contributed by atoms with E-state index in [1.807, 2.05) is 30.3 Å². The monoisotopic (exact) mass is 295 g/mol. The van der Waals surface area contributed by atoms with Crippen LogP contribution in [-0.2, 0) is 4.79 Å². The normalized spacial score (nSPS) is 9.64. The van der Waals surface area contributed by atoms with Gasteiger partial charge in [0.05, 0.1) is 18.7 Å². The molecule has 0 aliphatic rings. The number of amides is 1. The van der Waals surface area contributed by atoms with Gasteiger partial charge in [-0.2, -0.15) is 5.26 Å². The summed E-state index contributed by atoms with van der Waals surface area (Å²) in [5, 5.41) is 14.7. The van der Waals surface area contributed by atoms with Crippen LogP contribution in [0.2, 0.25) is 0 Å². The van der Waals surface area contributed by atoms with Crippen LogP contribution < -0.4 is 15.4 Å². The summed E-state index contributed by atoms with van der Waals surface area (Å²) in [6.45, 7) is 0.523. The van der Waals surface area contributed by atoms with Crippen LogP contribution in [0, 0.1) is 11.3 Å². The van der Waals surface area contributed by atoms with Gasteiger partial charge in [-0.05, 0) is 36.4 Å². The van der Waals surface area contributed by atoms with E-state index in [9.17, 15) is 4.79 Å². The van der Waals surface area contributed by atoms with Gasteiger partial charge < -0.3 is 15.4 Å². The number of rotatable bonds is 6. The van der Waals surface area contributed by atoms with Crippen LogP contribution >= 0.6 is 0 Å². The lowest BCUT2D eigenvalue weighted by Crippen LogP contribution is -2.16. The van der Waals surface area contributed by atoms with Gasteiger partial charge in [-0.25, -0.2) is 0 Å².